The molecule has 0 unspecified atom stereocenters. The second kappa shape index (κ2) is 6.87. The lowest BCUT2D eigenvalue weighted by Crippen LogP contribution is -1.96. The molecule has 0 atom stereocenters. The molecule has 100 valence electrons. The van der Waals surface area contributed by atoms with Gasteiger partial charge in [-0.25, -0.2) is 4.98 Å². The maximum absolute atomic E-state index is 5.78. The molecule has 0 amide bonds. The molecule has 0 aliphatic carbocycles. The smallest absolute Gasteiger partial charge is 0.224 e. The fourth-order valence-corrected chi connectivity index (χ4v) is 2.13. The third-order valence-corrected chi connectivity index (χ3v) is 3.51. The van der Waals surface area contributed by atoms with Gasteiger partial charge in [-0.05, 0) is 58.1 Å². The molecule has 0 spiro atoms. The molecule has 0 aliphatic heterocycles. The van der Waals surface area contributed by atoms with Crippen LogP contribution in [0.2, 0.25) is 5.28 Å². The molecule has 2 rings (SSSR count). The number of anilines is 2. The van der Waals surface area contributed by atoms with Gasteiger partial charge in [-0.1, -0.05) is 25.5 Å². The SMILES string of the molecule is CCCCc1ccc(Nc2nc(Cl)ncc2Br)cc1. The number of hydrogen-bond donors (Lipinski definition) is 1. The monoisotopic (exact) mass is 339 g/mol. The first-order chi connectivity index (χ1) is 9.19. The first kappa shape index (κ1) is 14.3. The molecule has 0 radical (unpaired) electrons. The van der Waals surface area contributed by atoms with Crippen molar-refractivity contribution in [3.8, 4) is 0 Å². The zero-order valence-corrected chi connectivity index (χ0v) is 13.0. The summed E-state index contributed by atoms with van der Waals surface area (Å²) in [6.07, 6.45) is 5.19. The number of nitrogens with one attached hydrogen (secondary N) is 1. The van der Waals surface area contributed by atoms with Gasteiger partial charge in [-0.3, -0.25) is 0 Å². The van der Waals surface area contributed by atoms with Crippen LogP contribution >= 0.6 is 27.5 Å². The van der Waals surface area contributed by atoms with Crippen molar-refractivity contribution in [1.29, 1.82) is 0 Å². The highest BCUT2D eigenvalue weighted by molar-refractivity contribution is 9.10. The van der Waals surface area contributed by atoms with Crippen molar-refractivity contribution < 1.29 is 0 Å². The van der Waals surface area contributed by atoms with Crippen molar-refractivity contribution in [3.63, 3.8) is 0 Å². The maximum atomic E-state index is 5.78. The highest BCUT2D eigenvalue weighted by atomic mass is 79.9. The average molecular weight is 341 g/mol. The number of halogens is 2. The van der Waals surface area contributed by atoms with E-state index in [0.29, 0.717) is 5.82 Å². The fourth-order valence-electron chi connectivity index (χ4n) is 1.71. The molecule has 0 saturated carbocycles. The van der Waals surface area contributed by atoms with Crippen molar-refractivity contribution in [3.05, 3.63) is 45.8 Å². The third-order valence-electron chi connectivity index (χ3n) is 2.75. The summed E-state index contributed by atoms with van der Waals surface area (Å²) < 4.78 is 0.784. The molecule has 0 aliphatic rings. The summed E-state index contributed by atoms with van der Waals surface area (Å²) >= 11 is 9.17. The minimum absolute atomic E-state index is 0.227. The van der Waals surface area contributed by atoms with E-state index in [2.05, 4.69) is 50.3 Å². The predicted octanol–water partition coefficient (Wildman–Crippen LogP) is 4.98. The molecule has 1 aromatic carbocycles. The van der Waals surface area contributed by atoms with Gasteiger partial charge in [0.05, 0.1) is 4.47 Å². The molecular formula is C14H15BrClN3. The number of hydrogen-bond acceptors (Lipinski definition) is 3. The fraction of sp³-hybridized carbons (Fsp3) is 0.286. The first-order valence-electron chi connectivity index (χ1n) is 6.23. The van der Waals surface area contributed by atoms with Crippen molar-refractivity contribution >= 4 is 39.0 Å². The number of benzene rings is 1. The van der Waals surface area contributed by atoms with Crippen LogP contribution in [0, 0.1) is 0 Å². The van der Waals surface area contributed by atoms with Crippen molar-refractivity contribution in [2.24, 2.45) is 0 Å². The molecule has 1 aromatic heterocycles. The molecule has 3 nitrogen and oxygen atoms in total. The van der Waals surface area contributed by atoms with E-state index in [4.69, 9.17) is 11.6 Å². The molecule has 1 heterocycles. The van der Waals surface area contributed by atoms with E-state index in [1.165, 1.54) is 18.4 Å². The third kappa shape index (κ3) is 4.18. The normalized spacial score (nSPS) is 10.5. The summed E-state index contributed by atoms with van der Waals surface area (Å²) in [6, 6.07) is 8.37. The van der Waals surface area contributed by atoms with Crippen LogP contribution in [0.25, 0.3) is 0 Å². The molecule has 0 bridgehead atoms. The molecular weight excluding hydrogens is 326 g/mol. The number of nitrogens with zero attached hydrogens (tertiary/aromatic N) is 2. The van der Waals surface area contributed by atoms with Crippen LogP contribution < -0.4 is 5.32 Å². The van der Waals surface area contributed by atoms with Crippen LogP contribution in [0.5, 0.6) is 0 Å². The topological polar surface area (TPSA) is 37.8 Å². The Labute approximate surface area is 126 Å². The van der Waals surface area contributed by atoms with Gasteiger partial charge in [0.25, 0.3) is 0 Å². The zero-order chi connectivity index (χ0) is 13.7. The van der Waals surface area contributed by atoms with Crippen molar-refractivity contribution in [2.75, 3.05) is 5.32 Å². The van der Waals surface area contributed by atoms with Crippen LogP contribution in [0.1, 0.15) is 25.3 Å². The van der Waals surface area contributed by atoms with E-state index in [-0.39, 0.29) is 5.28 Å². The highest BCUT2D eigenvalue weighted by Crippen LogP contribution is 2.24. The number of aryl methyl sites for hydroxylation is 1. The van der Waals surface area contributed by atoms with E-state index in [0.717, 1.165) is 16.6 Å². The van der Waals surface area contributed by atoms with Crippen molar-refractivity contribution in [2.45, 2.75) is 26.2 Å². The molecule has 1 N–H and O–H groups in total. The summed E-state index contributed by atoms with van der Waals surface area (Å²) in [5.74, 6) is 0.668. The predicted molar refractivity (Wildman–Crippen MR) is 83.1 cm³/mol. The standard InChI is InChI=1S/C14H15BrClN3/c1-2-3-4-10-5-7-11(8-6-10)18-13-12(15)9-17-14(16)19-13/h5-9H,2-4H2,1H3,(H,17,18,19). The molecule has 2 aromatic rings. The molecule has 0 fully saturated rings. The summed E-state index contributed by atoms with van der Waals surface area (Å²) in [7, 11) is 0. The van der Waals surface area contributed by atoms with Gasteiger partial charge in [0.1, 0.15) is 5.82 Å². The minimum atomic E-state index is 0.227. The summed E-state index contributed by atoms with van der Waals surface area (Å²) in [4.78, 5) is 8.03. The van der Waals surface area contributed by atoms with Gasteiger partial charge in [0.2, 0.25) is 5.28 Å². The second-order valence-electron chi connectivity index (χ2n) is 4.26. The van der Waals surface area contributed by atoms with Gasteiger partial charge in [0.15, 0.2) is 0 Å². The quantitative estimate of drug-likeness (QED) is 0.780. The Morgan fingerprint density at radius 3 is 2.68 bits per heavy atom. The van der Waals surface area contributed by atoms with E-state index in [1.54, 1.807) is 6.20 Å². The Morgan fingerprint density at radius 2 is 2.00 bits per heavy atom. The van der Waals surface area contributed by atoms with E-state index < -0.39 is 0 Å². The maximum Gasteiger partial charge on any atom is 0.224 e. The Hall–Kier alpha value is -1.13. The molecule has 19 heavy (non-hydrogen) atoms. The van der Waals surface area contributed by atoms with Crippen LogP contribution in [0.15, 0.2) is 34.9 Å². The Morgan fingerprint density at radius 1 is 1.26 bits per heavy atom. The Balaban J connectivity index is 2.08. The van der Waals surface area contributed by atoms with Gasteiger partial charge in [-0.2, -0.15) is 4.98 Å². The summed E-state index contributed by atoms with van der Waals surface area (Å²) in [6.45, 7) is 2.20. The number of rotatable bonds is 5. The van der Waals surface area contributed by atoms with E-state index in [9.17, 15) is 0 Å². The number of aromatic nitrogens is 2. The van der Waals surface area contributed by atoms with Gasteiger partial charge >= 0.3 is 0 Å². The average Bonchev–Trinajstić information content (AvgIpc) is 2.42. The summed E-state index contributed by atoms with van der Waals surface area (Å²) in [5.41, 5.74) is 2.34. The summed E-state index contributed by atoms with van der Waals surface area (Å²) in [5, 5.41) is 3.44. The highest BCUT2D eigenvalue weighted by Gasteiger charge is 2.04. The van der Waals surface area contributed by atoms with Crippen LogP contribution in [-0.2, 0) is 6.42 Å². The van der Waals surface area contributed by atoms with Crippen LogP contribution in [0.3, 0.4) is 0 Å². The van der Waals surface area contributed by atoms with E-state index in [1.807, 2.05) is 12.1 Å². The lowest BCUT2D eigenvalue weighted by Gasteiger charge is -2.08. The lowest BCUT2D eigenvalue weighted by atomic mass is 10.1. The van der Waals surface area contributed by atoms with Gasteiger partial charge in [-0.15, -0.1) is 0 Å². The van der Waals surface area contributed by atoms with E-state index >= 15 is 0 Å². The molecule has 5 heteroatoms. The largest absolute Gasteiger partial charge is 0.339 e. The molecule has 0 saturated heterocycles. The Kier molecular flexibility index (Phi) is 5.16. The Bertz CT molecular complexity index is 543. The van der Waals surface area contributed by atoms with Gasteiger partial charge in [0, 0.05) is 11.9 Å². The first-order valence-corrected chi connectivity index (χ1v) is 7.40. The second-order valence-corrected chi connectivity index (χ2v) is 5.45. The zero-order valence-electron chi connectivity index (χ0n) is 10.7. The van der Waals surface area contributed by atoms with Crippen LogP contribution in [-0.4, -0.2) is 9.97 Å². The lowest BCUT2D eigenvalue weighted by molar-refractivity contribution is 0.795. The van der Waals surface area contributed by atoms with Gasteiger partial charge < -0.3 is 5.32 Å². The van der Waals surface area contributed by atoms with Crippen molar-refractivity contribution in [1.82, 2.24) is 9.97 Å². The number of unbranched alkanes of at least 4 members (excludes halogenated alkanes) is 1. The minimum Gasteiger partial charge on any atom is -0.339 e. The van der Waals surface area contributed by atoms with Crippen LogP contribution in [0.4, 0.5) is 11.5 Å².